The Balaban J connectivity index is 1.98. The van der Waals surface area contributed by atoms with Crippen LogP contribution in [0.25, 0.3) is 0 Å². The first kappa shape index (κ1) is 19.4. The van der Waals surface area contributed by atoms with Gasteiger partial charge < -0.3 is 4.52 Å². The first-order valence-corrected chi connectivity index (χ1v) is 10.3. The van der Waals surface area contributed by atoms with Crippen molar-refractivity contribution in [3.8, 4) is 0 Å². The van der Waals surface area contributed by atoms with Crippen molar-refractivity contribution in [1.82, 2.24) is 9.88 Å². The number of sulfonamides is 1. The summed E-state index contributed by atoms with van der Waals surface area (Å²) in [5.74, 6) is 0. The van der Waals surface area contributed by atoms with Crippen LogP contribution < -0.4 is 10.3 Å². The van der Waals surface area contributed by atoms with E-state index in [1.807, 2.05) is 37.3 Å². The van der Waals surface area contributed by atoms with Crippen LogP contribution in [0.1, 0.15) is 29.8 Å². The number of hydrogen-bond donors (Lipinski definition) is 2. The number of nitrogens with one attached hydrogen (secondary N) is 2. The average Bonchev–Trinajstić information content (AvgIpc) is 3.03. The molecule has 0 aliphatic carbocycles. The summed E-state index contributed by atoms with van der Waals surface area (Å²) < 4.78 is 33.3. The van der Waals surface area contributed by atoms with Gasteiger partial charge in [0.15, 0.2) is 0 Å². The lowest BCUT2D eigenvalue weighted by molar-refractivity contribution is 0.377. The second-order valence-electron chi connectivity index (χ2n) is 6.05. The van der Waals surface area contributed by atoms with E-state index < -0.39 is 21.7 Å². The highest BCUT2D eigenvalue weighted by molar-refractivity contribution is 7.89. The molecule has 0 bridgehead atoms. The van der Waals surface area contributed by atoms with Gasteiger partial charge in [0, 0.05) is 5.02 Å². The van der Waals surface area contributed by atoms with E-state index in [0.717, 1.165) is 5.56 Å². The van der Waals surface area contributed by atoms with Gasteiger partial charge in [0.2, 0.25) is 10.0 Å². The van der Waals surface area contributed by atoms with Crippen molar-refractivity contribution >= 4 is 21.6 Å². The molecule has 1 unspecified atom stereocenters. The van der Waals surface area contributed by atoms with Gasteiger partial charge in [0.05, 0.1) is 22.2 Å². The summed E-state index contributed by atoms with van der Waals surface area (Å²) in [4.78, 5) is 12.0. The molecule has 0 fully saturated rings. The van der Waals surface area contributed by atoms with Gasteiger partial charge in [-0.3, -0.25) is 0 Å². The number of rotatable bonds is 7. The molecule has 1 atom stereocenters. The lowest BCUT2D eigenvalue weighted by Crippen LogP contribution is -2.31. The Morgan fingerprint density at radius 3 is 2.41 bits per heavy atom. The zero-order chi connectivity index (χ0) is 19.4. The van der Waals surface area contributed by atoms with Crippen LogP contribution in [0.15, 0.2) is 68.8 Å². The van der Waals surface area contributed by atoms with E-state index in [2.05, 4.69) is 9.88 Å². The number of aromatic amines is 1. The average molecular weight is 407 g/mol. The van der Waals surface area contributed by atoms with Gasteiger partial charge in [-0.15, -0.1) is 0 Å². The summed E-state index contributed by atoms with van der Waals surface area (Å²) in [6, 6.07) is 14.6. The summed E-state index contributed by atoms with van der Waals surface area (Å²) in [6.45, 7) is 1.82. The Kier molecular flexibility index (Phi) is 5.84. The lowest BCUT2D eigenvalue weighted by atomic mass is 10.0. The summed E-state index contributed by atoms with van der Waals surface area (Å²) in [5.41, 5.74) is 1.29. The molecule has 0 aliphatic heterocycles. The molecule has 27 heavy (non-hydrogen) atoms. The van der Waals surface area contributed by atoms with E-state index >= 15 is 0 Å². The molecule has 0 radical (unpaired) electrons. The Hall–Kier alpha value is -2.35. The number of H-pyrrole nitrogens is 1. The van der Waals surface area contributed by atoms with Gasteiger partial charge in [0.1, 0.15) is 0 Å². The summed E-state index contributed by atoms with van der Waals surface area (Å²) >= 11 is 5.85. The van der Waals surface area contributed by atoms with Crippen molar-refractivity contribution in [2.24, 2.45) is 0 Å². The van der Waals surface area contributed by atoms with Crippen molar-refractivity contribution in [2.45, 2.75) is 30.7 Å². The molecular formula is C19H19ClN2O4S. The zero-order valence-electron chi connectivity index (χ0n) is 14.6. The largest absolute Gasteiger partial charge is 0.360 e. The molecule has 0 spiro atoms. The van der Waals surface area contributed by atoms with Crippen LogP contribution in [0.3, 0.4) is 0 Å². The molecule has 2 aromatic carbocycles. The Morgan fingerprint density at radius 2 is 1.78 bits per heavy atom. The molecule has 0 saturated carbocycles. The molecule has 0 saturated heterocycles. The zero-order valence-corrected chi connectivity index (χ0v) is 16.2. The maximum absolute atomic E-state index is 12.8. The fraction of sp³-hybridized carbons (Fsp3) is 0.211. The Morgan fingerprint density at radius 1 is 1.11 bits per heavy atom. The van der Waals surface area contributed by atoms with Crippen LogP contribution in [-0.2, 0) is 22.9 Å². The van der Waals surface area contributed by atoms with Crippen LogP contribution >= 0.6 is 11.6 Å². The van der Waals surface area contributed by atoms with Crippen LogP contribution in [-0.4, -0.2) is 13.6 Å². The second kappa shape index (κ2) is 8.12. The second-order valence-corrected chi connectivity index (χ2v) is 8.21. The molecule has 0 aliphatic rings. The van der Waals surface area contributed by atoms with Crippen molar-refractivity contribution in [1.29, 1.82) is 0 Å². The normalized spacial score (nSPS) is 12.8. The summed E-state index contributed by atoms with van der Waals surface area (Å²) in [7, 11) is -3.83. The van der Waals surface area contributed by atoms with E-state index in [9.17, 15) is 13.2 Å². The minimum atomic E-state index is -3.83. The van der Waals surface area contributed by atoms with Gasteiger partial charge in [0.25, 0.3) is 0 Å². The fourth-order valence-corrected chi connectivity index (χ4v) is 4.20. The quantitative estimate of drug-likeness (QED) is 0.628. The van der Waals surface area contributed by atoms with E-state index in [0.29, 0.717) is 29.1 Å². The first-order valence-electron chi connectivity index (χ1n) is 8.42. The van der Waals surface area contributed by atoms with Crippen LogP contribution in [0.2, 0.25) is 5.02 Å². The van der Waals surface area contributed by atoms with E-state index in [-0.39, 0.29) is 4.90 Å². The standard InChI is InChI=1S/C19H19ClN2O4S/c1-2-16-18(21-26-19(16)23)17(12-13-6-4-3-5-7-13)22-27(24,25)15-10-8-14(20)9-11-15/h3-11,17,21-22H,2,12H2,1H3. The minimum Gasteiger partial charge on any atom is -0.339 e. The molecule has 2 N–H and O–H groups in total. The Bertz CT molecular complexity index is 1060. The molecule has 3 aromatic rings. The lowest BCUT2D eigenvalue weighted by Gasteiger charge is -2.18. The molecule has 3 rings (SSSR count). The maximum Gasteiger partial charge on any atom is 0.360 e. The van der Waals surface area contributed by atoms with Gasteiger partial charge in [-0.1, -0.05) is 48.9 Å². The summed E-state index contributed by atoms with van der Waals surface area (Å²) in [6.07, 6.45) is 0.783. The molecule has 142 valence electrons. The van der Waals surface area contributed by atoms with Gasteiger partial charge in [-0.05, 0) is 42.7 Å². The number of halogens is 1. The van der Waals surface area contributed by atoms with E-state index in [1.54, 1.807) is 0 Å². The van der Waals surface area contributed by atoms with Gasteiger partial charge >= 0.3 is 5.63 Å². The van der Waals surface area contributed by atoms with Gasteiger partial charge in [-0.25, -0.2) is 23.1 Å². The molecular weight excluding hydrogens is 388 g/mol. The maximum atomic E-state index is 12.8. The van der Waals surface area contributed by atoms with Crippen molar-refractivity contribution in [3.63, 3.8) is 0 Å². The fourth-order valence-electron chi connectivity index (χ4n) is 2.87. The van der Waals surface area contributed by atoms with Crippen molar-refractivity contribution in [2.75, 3.05) is 0 Å². The SMILES string of the molecule is CCc1c(C(Cc2ccccc2)NS(=O)(=O)c2ccc(Cl)cc2)[nH]oc1=O. The van der Waals surface area contributed by atoms with Crippen molar-refractivity contribution < 1.29 is 12.9 Å². The predicted molar refractivity (Wildman–Crippen MR) is 103 cm³/mol. The Labute approximate surface area is 162 Å². The predicted octanol–water partition coefficient (Wildman–Crippen LogP) is 3.45. The monoisotopic (exact) mass is 406 g/mol. The van der Waals surface area contributed by atoms with Crippen LogP contribution in [0, 0.1) is 0 Å². The third-order valence-electron chi connectivity index (χ3n) is 4.23. The van der Waals surface area contributed by atoms with Crippen LogP contribution in [0.5, 0.6) is 0 Å². The number of benzene rings is 2. The van der Waals surface area contributed by atoms with Crippen molar-refractivity contribution in [3.05, 3.63) is 86.9 Å². The molecule has 0 amide bonds. The van der Waals surface area contributed by atoms with E-state index in [4.69, 9.17) is 16.1 Å². The van der Waals surface area contributed by atoms with Gasteiger partial charge in [-0.2, -0.15) is 0 Å². The first-order chi connectivity index (χ1) is 12.9. The highest BCUT2D eigenvalue weighted by atomic mass is 35.5. The smallest absolute Gasteiger partial charge is 0.339 e. The van der Waals surface area contributed by atoms with Crippen LogP contribution in [0.4, 0.5) is 0 Å². The molecule has 8 heteroatoms. The van der Waals surface area contributed by atoms with E-state index in [1.165, 1.54) is 24.3 Å². The molecule has 6 nitrogen and oxygen atoms in total. The number of hydrogen-bond acceptors (Lipinski definition) is 4. The third kappa shape index (κ3) is 4.50. The molecule has 1 aromatic heterocycles. The highest BCUT2D eigenvalue weighted by Gasteiger charge is 2.26. The number of aromatic nitrogens is 1. The topological polar surface area (TPSA) is 92.2 Å². The minimum absolute atomic E-state index is 0.0915. The third-order valence-corrected chi connectivity index (χ3v) is 5.97. The highest BCUT2D eigenvalue weighted by Crippen LogP contribution is 2.23. The molecule has 1 heterocycles. The summed E-state index contributed by atoms with van der Waals surface area (Å²) in [5, 5.41) is 3.04.